The lowest BCUT2D eigenvalue weighted by Crippen LogP contribution is -1.84. The van der Waals surface area contributed by atoms with E-state index in [0.717, 1.165) is 27.0 Å². The van der Waals surface area contributed by atoms with Crippen LogP contribution in [0.15, 0.2) is 75.3 Å². The summed E-state index contributed by atoms with van der Waals surface area (Å²) in [5.74, 6) is 0.764. The lowest BCUT2D eigenvalue weighted by molar-refractivity contribution is 0.466. The molecule has 0 aliphatic rings. The van der Waals surface area contributed by atoms with Crippen molar-refractivity contribution in [2.45, 2.75) is 5.22 Å². The number of nitrogens with zero attached hydrogens (tertiary/aromatic N) is 3. The van der Waals surface area contributed by atoms with Crippen LogP contribution < -0.4 is 0 Å². The van der Waals surface area contributed by atoms with Crippen molar-refractivity contribution in [2.24, 2.45) is 4.99 Å². The molecule has 0 N–H and O–H groups in total. The SMILES string of the molecule is CSC(=NC#N)SCSc1nc(-c2ccccc2)c(-c2ccccc2)o1. The first-order chi connectivity index (χ1) is 12.8. The molecule has 0 unspecified atom stereocenters. The molecule has 1 aromatic heterocycles. The van der Waals surface area contributed by atoms with Gasteiger partial charge in [0.1, 0.15) is 10.1 Å². The van der Waals surface area contributed by atoms with Gasteiger partial charge in [0.05, 0.1) is 5.08 Å². The Bertz CT molecular complexity index is 861. The lowest BCUT2D eigenvalue weighted by atomic mass is 10.1. The summed E-state index contributed by atoms with van der Waals surface area (Å²) < 4.78 is 6.79. The van der Waals surface area contributed by atoms with Crippen LogP contribution in [0, 0.1) is 11.5 Å². The van der Waals surface area contributed by atoms with Crippen LogP contribution in [0.25, 0.3) is 22.6 Å². The Kier molecular flexibility index (Phi) is 6.83. The van der Waals surface area contributed by atoms with Crippen molar-refractivity contribution in [3.63, 3.8) is 0 Å². The standard InChI is InChI=1S/C19H15N3OS3/c1-24-19(21-12-20)26-13-25-18-22-16(14-8-4-2-5-9-14)17(23-18)15-10-6-3-7-11-15/h2-11H,13H2,1H3. The van der Waals surface area contributed by atoms with E-state index >= 15 is 0 Å². The zero-order valence-corrected chi connectivity index (χ0v) is 16.4. The molecule has 3 aromatic rings. The minimum Gasteiger partial charge on any atom is -0.431 e. The molecule has 2 aromatic carbocycles. The van der Waals surface area contributed by atoms with E-state index in [4.69, 9.17) is 14.7 Å². The summed E-state index contributed by atoms with van der Waals surface area (Å²) in [5.41, 5.74) is 2.85. The van der Waals surface area contributed by atoms with E-state index in [1.165, 1.54) is 35.3 Å². The molecule has 0 aliphatic carbocycles. The van der Waals surface area contributed by atoms with Crippen molar-refractivity contribution in [3.8, 4) is 28.8 Å². The van der Waals surface area contributed by atoms with Gasteiger partial charge in [0.15, 0.2) is 5.76 Å². The van der Waals surface area contributed by atoms with Crippen molar-refractivity contribution in [1.82, 2.24) is 4.98 Å². The maximum atomic E-state index is 8.67. The number of nitriles is 1. The van der Waals surface area contributed by atoms with Gasteiger partial charge in [-0.2, -0.15) is 10.3 Å². The predicted molar refractivity (Wildman–Crippen MR) is 112 cm³/mol. The molecule has 0 bridgehead atoms. The molecular formula is C19H15N3OS3. The van der Waals surface area contributed by atoms with Gasteiger partial charge in [0.25, 0.3) is 5.22 Å². The largest absolute Gasteiger partial charge is 0.431 e. The molecule has 0 atom stereocenters. The Balaban J connectivity index is 1.85. The molecule has 130 valence electrons. The number of oxazole rings is 1. The molecule has 0 saturated carbocycles. The van der Waals surface area contributed by atoms with Crippen molar-refractivity contribution in [1.29, 1.82) is 5.26 Å². The highest BCUT2D eigenvalue weighted by Crippen LogP contribution is 2.36. The van der Waals surface area contributed by atoms with Gasteiger partial charge in [-0.3, -0.25) is 0 Å². The minimum absolute atomic E-state index is 0.604. The predicted octanol–water partition coefficient (Wildman–Crippen LogP) is 5.99. The summed E-state index contributed by atoms with van der Waals surface area (Å²) in [6.07, 6.45) is 3.72. The normalized spacial score (nSPS) is 11.3. The van der Waals surface area contributed by atoms with Crippen LogP contribution in [-0.4, -0.2) is 20.7 Å². The van der Waals surface area contributed by atoms with Gasteiger partial charge in [-0.05, 0) is 6.26 Å². The second kappa shape index (κ2) is 9.53. The molecule has 0 amide bonds. The molecule has 0 radical (unpaired) electrons. The van der Waals surface area contributed by atoms with Gasteiger partial charge in [-0.25, -0.2) is 4.98 Å². The molecule has 7 heteroatoms. The van der Waals surface area contributed by atoms with E-state index in [9.17, 15) is 0 Å². The van der Waals surface area contributed by atoms with Gasteiger partial charge in [0.2, 0.25) is 6.19 Å². The van der Waals surface area contributed by atoms with Crippen LogP contribution in [-0.2, 0) is 0 Å². The Morgan fingerprint density at radius 3 is 2.35 bits per heavy atom. The second-order valence-corrected chi connectivity index (χ2v) is 8.29. The monoisotopic (exact) mass is 397 g/mol. The fourth-order valence-electron chi connectivity index (χ4n) is 2.25. The Morgan fingerprint density at radius 2 is 1.73 bits per heavy atom. The van der Waals surface area contributed by atoms with Crippen molar-refractivity contribution < 1.29 is 4.42 Å². The molecule has 0 spiro atoms. The third-order valence-electron chi connectivity index (χ3n) is 3.37. The van der Waals surface area contributed by atoms with Gasteiger partial charge >= 0.3 is 0 Å². The highest BCUT2D eigenvalue weighted by atomic mass is 32.2. The van der Waals surface area contributed by atoms with E-state index in [1.54, 1.807) is 0 Å². The highest BCUT2D eigenvalue weighted by molar-refractivity contribution is 8.41. The first-order valence-corrected chi connectivity index (χ1v) is 10.9. The fourth-order valence-corrected chi connectivity index (χ4v) is 4.73. The van der Waals surface area contributed by atoms with E-state index < -0.39 is 0 Å². The van der Waals surface area contributed by atoms with Crippen LogP contribution in [0.2, 0.25) is 0 Å². The Morgan fingerprint density at radius 1 is 1.08 bits per heavy atom. The lowest BCUT2D eigenvalue weighted by Gasteiger charge is -2.00. The number of hydrogen-bond acceptors (Lipinski definition) is 7. The third kappa shape index (κ3) is 4.73. The van der Waals surface area contributed by atoms with Crippen molar-refractivity contribution in [2.75, 3.05) is 11.3 Å². The van der Waals surface area contributed by atoms with Crippen molar-refractivity contribution >= 4 is 39.7 Å². The van der Waals surface area contributed by atoms with Crippen molar-refractivity contribution in [3.05, 3.63) is 60.7 Å². The third-order valence-corrected chi connectivity index (χ3v) is 6.37. The molecule has 0 saturated heterocycles. The highest BCUT2D eigenvalue weighted by Gasteiger charge is 2.17. The first kappa shape index (κ1) is 18.6. The Hall–Kier alpha value is -2.14. The maximum Gasteiger partial charge on any atom is 0.257 e. The molecule has 3 rings (SSSR count). The molecule has 4 nitrogen and oxygen atoms in total. The smallest absolute Gasteiger partial charge is 0.257 e. The number of benzene rings is 2. The van der Waals surface area contributed by atoms with Crippen LogP contribution >= 0.6 is 35.3 Å². The molecule has 0 aliphatic heterocycles. The molecule has 1 heterocycles. The van der Waals surface area contributed by atoms with Gasteiger partial charge in [-0.1, -0.05) is 84.2 Å². The summed E-state index contributed by atoms with van der Waals surface area (Å²) in [7, 11) is 0. The number of aliphatic imine (C=N–C) groups is 1. The van der Waals surface area contributed by atoms with E-state index in [1.807, 2.05) is 73.1 Å². The van der Waals surface area contributed by atoms with Crippen LogP contribution in [0.5, 0.6) is 0 Å². The van der Waals surface area contributed by atoms with Gasteiger partial charge < -0.3 is 4.42 Å². The van der Waals surface area contributed by atoms with E-state index in [-0.39, 0.29) is 0 Å². The quantitative estimate of drug-likeness (QED) is 0.173. The Labute approximate surface area is 165 Å². The average molecular weight is 398 g/mol. The summed E-state index contributed by atoms with van der Waals surface area (Å²) in [6, 6.07) is 20.0. The van der Waals surface area contributed by atoms with Gasteiger partial charge in [0, 0.05) is 11.1 Å². The zero-order chi connectivity index (χ0) is 18.2. The number of thioether (sulfide) groups is 3. The molecular weight excluding hydrogens is 382 g/mol. The fraction of sp³-hybridized carbons (Fsp3) is 0.105. The van der Waals surface area contributed by atoms with E-state index in [2.05, 4.69) is 4.99 Å². The molecule has 26 heavy (non-hydrogen) atoms. The minimum atomic E-state index is 0.604. The number of hydrogen-bond donors (Lipinski definition) is 0. The summed E-state index contributed by atoms with van der Waals surface area (Å²) in [5, 5.41) is 9.95. The zero-order valence-electron chi connectivity index (χ0n) is 14.0. The van der Waals surface area contributed by atoms with Crippen LogP contribution in [0.4, 0.5) is 0 Å². The number of rotatable bonds is 5. The topological polar surface area (TPSA) is 62.2 Å². The second-order valence-electron chi connectivity index (χ2n) is 4.98. The first-order valence-electron chi connectivity index (χ1n) is 7.70. The van der Waals surface area contributed by atoms with Gasteiger partial charge in [-0.15, -0.1) is 11.8 Å². The maximum absolute atomic E-state index is 8.67. The molecule has 0 fully saturated rings. The summed E-state index contributed by atoms with van der Waals surface area (Å²) in [4.78, 5) is 8.47. The average Bonchev–Trinajstić information content (AvgIpc) is 3.13. The van der Waals surface area contributed by atoms with E-state index in [0.29, 0.717) is 10.3 Å². The number of aromatic nitrogens is 1. The summed E-state index contributed by atoms with van der Waals surface area (Å²) in [6.45, 7) is 0. The van der Waals surface area contributed by atoms with Crippen LogP contribution in [0.3, 0.4) is 0 Å². The summed E-state index contributed by atoms with van der Waals surface area (Å²) >= 11 is 4.45. The van der Waals surface area contributed by atoms with Crippen LogP contribution in [0.1, 0.15) is 0 Å².